The van der Waals surface area contributed by atoms with Crippen LogP contribution in [-0.4, -0.2) is 20.3 Å². The predicted molar refractivity (Wildman–Crippen MR) is 78.5 cm³/mol. The Bertz CT molecular complexity index is 648. The summed E-state index contributed by atoms with van der Waals surface area (Å²) in [5.41, 5.74) is 8.02. The number of H-pyrrole nitrogens is 1. The molecule has 0 aliphatic rings. The highest BCUT2D eigenvalue weighted by Gasteiger charge is 2.12. The molecule has 0 saturated carbocycles. The van der Waals surface area contributed by atoms with Gasteiger partial charge in [-0.3, -0.25) is 0 Å². The fourth-order valence-corrected chi connectivity index (χ4v) is 1.60. The van der Waals surface area contributed by atoms with Crippen molar-refractivity contribution in [1.82, 2.24) is 20.3 Å². The zero-order valence-corrected chi connectivity index (χ0v) is 11.5. The highest BCUT2D eigenvalue weighted by Crippen LogP contribution is 2.21. The van der Waals surface area contributed by atoms with Gasteiger partial charge in [-0.1, -0.05) is 30.4 Å². The number of hydrogen-bond donors (Lipinski definition) is 2. The number of aromatic nitrogens is 4. The lowest BCUT2D eigenvalue weighted by Gasteiger charge is -1.94. The second-order valence-electron chi connectivity index (χ2n) is 4.23. The van der Waals surface area contributed by atoms with E-state index in [4.69, 9.17) is 5.73 Å². The van der Waals surface area contributed by atoms with Gasteiger partial charge in [-0.2, -0.15) is 0 Å². The summed E-state index contributed by atoms with van der Waals surface area (Å²) < 4.78 is 4.55. The smallest absolute Gasteiger partial charge is 0.199 e. The summed E-state index contributed by atoms with van der Waals surface area (Å²) in [4.78, 5) is 7.36. The van der Waals surface area contributed by atoms with E-state index >= 15 is 0 Å². The van der Waals surface area contributed by atoms with E-state index in [1.54, 1.807) is 6.20 Å². The van der Waals surface area contributed by atoms with Gasteiger partial charge in [0.05, 0.1) is 11.9 Å². The quantitative estimate of drug-likeness (QED) is 0.644. The average molecular weight is 271 g/mol. The zero-order chi connectivity index (χ0) is 14.4. The number of nitrogens with zero attached hydrogens (tertiary/aromatic N) is 3. The van der Waals surface area contributed by atoms with Crippen LogP contribution >= 0.6 is 0 Å². The van der Waals surface area contributed by atoms with Crippen molar-refractivity contribution in [2.24, 2.45) is 0 Å². The summed E-state index contributed by atoms with van der Waals surface area (Å²) in [6, 6.07) is 0. The molecule has 0 amide bonds. The van der Waals surface area contributed by atoms with E-state index in [1.165, 1.54) is 0 Å². The number of hydrogen-bond acceptors (Lipinski definition) is 5. The van der Waals surface area contributed by atoms with E-state index in [9.17, 15) is 0 Å². The molecule has 0 spiro atoms. The molecule has 0 fully saturated rings. The molecule has 2 aromatic heterocycles. The number of rotatable bonds is 5. The van der Waals surface area contributed by atoms with Crippen LogP contribution in [0.4, 0.5) is 5.82 Å². The number of allylic oxidation sites excluding steroid dienone is 6. The van der Waals surface area contributed by atoms with E-state index in [0.717, 1.165) is 17.7 Å². The van der Waals surface area contributed by atoms with Crippen LogP contribution < -0.4 is 5.73 Å². The van der Waals surface area contributed by atoms with E-state index < -0.39 is 0 Å². The van der Waals surface area contributed by atoms with Crippen LogP contribution in [0.1, 0.15) is 26.0 Å². The SMILES string of the molecule is C/C=C\CC=C/C=C(\C)c1cnc(-c2nonc2N)[nH]1. The highest BCUT2D eigenvalue weighted by molar-refractivity contribution is 5.67. The van der Waals surface area contributed by atoms with Crippen molar-refractivity contribution in [3.05, 3.63) is 42.3 Å². The molecule has 2 heterocycles. The lowest BCUT2D eigenvalue weighted by Crippen LogP contribution is -1.90. The second kappa shape index (κ2) is 6.51. The van der Waals surface area contributed by atoms with Crippen LogP contribution in [0.3, 0.4) is 0 Å². The van der Waals surface area contributed by atoms with Gasteiger partial charge in [-0.05, 0) is 36.2 Å². The van der Waals surface area contributed by atoms with Crippen molar-refractivity contribution >= 4 is 11.4 Å². The lowest BCUT2D eigenvalue weighted by molar-refractivity contribution is 0.310. The van der Waals surface area contributed by atoms with Gasteiger partial charge in [0.25, 0.3) is 0 Å². The van der Waals surface area contributed by atoms with Gasteiger partial charge in [0.2, 0.25) is 0 Å². The minimum atomic E-state index is 0.221. The van der Waals surface area contributed by atoms with Gasteiger partial charge in [0.1, 0.15) is 0 Å². The number of imidazole rings is 1. The Hall–Kier alpha value is -2.63. The summed E-state index contributed by atoms with van der Waals surface area (Å²) in [5.74, 6) is 0.767. The van der Waals surface area contributed by atoms with Crippen LogP contribution in [0.5, 0.6) is 0 Å². The number of aromatic amines is 1. The highest BCUT2D eigenvalue weighted by atomic mass is 16.6. The third kappa shape index (κ3) is 3.23. The van der Waals surface area contributed by atoms with Crippen molar-refractivity contribution in [2.75, 3.05) is 5.73 Å². The maximum Gasteiger partial charge on any atom is 0.199 e. The Labute approximate surface area is 117 Å². The number of nitrogen functional groups attached to an aromatic ring is 1. The van der Waals surface area contributed by atoms with Gasteiger partial charge in [0.15, 0.2) is 17.3 Å². The first-order valence-corrected chi connectivity index (χ1v) is 6.30. The van der Waals surface area contributed by atoms with Crippen molar-refractivity contribution in [1.29, 1.82) is 0 Å². The summed E-state index contributed by atoms with van der Waals surface area (Å²) in [6.07, 6.45) is 12.9. The van der Waals surface area contributed by atoms with Crippen LogP contribution in [-0.2, 0) is 0 Å². The summed E-state index contributed by atoms with van der Waals surface area (Å²) >= 11 is 0. The molecule has 0 aliphatic carbocycles. The maximum atomic E-state index is 5.63. The first-order valence-electron chi connectivity index (χ1n) is 6.30. The molecule has 6 nitrogen and oxygen atoms in total. The summed E-state index contributed by atoms with van der Waals surface area (Å²) in [5, 5.41) is 7.23. The van der Waals surface area contributed by atoms with E-state index in [-0.39, 0.29) is 5.82 Å². The minimum absolute atomic E-state index is 0.221. The van der Waals surface area contributed by atoms with Crippen molar-refractivity contribution in [3.8, 4) is 11.5 Å². The second-order valence-corrected chi connectivity index (χ2v) is 4.23. The molecule has 104 valence electrons. The molecular weight excluding hydrogens is 254 g/mol. The topological polar surface area (TPSA) is 93.6 Å². The lowest BCUT2D eigenvalue weighted by atomic mass is 10.2. The van der Waals surface area contributed by atoms with Crippen LogP contribution in [0.2, 0.25) is 0 Å². The van der Waals surface area contributed by atoms with E-state index in [2.05, 4.69) is 37.1 Å². The molecule has 2 aromatic rings. The van der Waals surface area contributed by atoms with Gasteiger partial charge in [-0.15, -0.1) is 0 Å². The van der Waals surface area contributed by atoms with Crippen molar-refractivity contribution < 1.29 is 4.63 Å². The molecule has 0 radical (unpaired) electrons. The Balaban J connectivity index is 2.10. The van der Waals surface area contributed by atoms with Gasteiger partial charge < -0.3 is 10.7 Å². The third-order valence-electron chi connectivity index (χ3n) is 2.73. The van der Waals surface area contributed by atoms with Crippen LogP contribution in [0, 0.1) is 0 Å². The van der Waals surface area contributed by atoms with E-state index in [1.807, 2.05) is 32.1 Å². The molecule has 0 aromatic carbocycles. The molecule has 0 bridgehead atoms. The molecule has 0 unspecified atom stereocenters. The fraction of sp³-hybridized carbons (Fsp3) is 0.214. The fourth-order valence-electron chi connectivity index (χ4n) is 1.60. The third-order valence-corrected chi connectivity index (χ3v) is 2.73. The normalized spacial score (nSPS) is 12.8. The maximum absolute atomic E-state index is 5.63. The molecule has 20 heavy (non-hydrogen) atoms. The number of anilines is 1. The van der Waals surface area contributed by atoms with Crippen LogP contribution in [0.15, 0.2) is 41.2 Å². The molecule has 2 rings (SSSR count). The van der Waals surface area contributed by atoms with Gasteiger partial charge in [-0.25, -0.2) is 9.61 Å². The Morgan fingerprint density at radius 3 is 2.95 bits per heavy atom. The molecule has 6 heteroatoms. The Morgan fingerprint density at radius 2 is 2.25 bits per heavy atom. The standard InChI is InChI=1S/C14H17N5O/c1-3-4-5-6-7-8-10(2)11-9-16-14(17-11)12-13(15)19-20-18-12/h3-4,6-9H,5H2,1-2H3,(H2,15,19)(H,16,17)/b4-3-,7-6?,10-8+. The summed E-state index contributed by atoms with van der Waals surface area (Å²) in [7, 11) is 0. The molecule has 0 aliphatic heterocycles. The number of nitrogens with two attached hydrogens (primary N) is 1. The van der Waals surface area contributed by atoms with Crippen molar-refractivity contribution in [2.45, 2.75) is 20.3 Å². The largest absolute Gasteiger partial charge is 0.379 e. The van der Waals surface area contributed by atoms with Crippen molar-refractivity contribution in [3.63, 3.8) is 0 Å². The Morgan fingerprint density at radius 1 is 1.40 bits per heavy atom. The first kappa shape index (κ1) is 13.8. The predicted octanol–water partition coefficient (Wildman–Crippen LogP) is 2.97. The number of nitrogens with one attached hydrogen (secondary N) is 1. The first-order chi connectivity index (χ1) is 9.72. The van der Waals surface area contributed by atoms with Gasteiger partial charge >= 0.3 is 0 Å². The van der Waals surface area contributed by atoms with E-state index in [0.29, 0.717) is 11.5 Å². The average Bonchev–Trinajstić information content (AvgIpc) is 3.06. The summed E-state index contributed by atoms with van der Waals surface area (Å²) in [6.45, 7) is 4.01. The molecule has 0 atom stereocenters. The monoisotopic (exact) mass is 271 g/mol. The minimum Gasteiger partial charge on any atom is -0.379 e. The van der Waals surface area contributed by atoms with Crippen LogP contribution in [0.25, 0.3) is 17.1 Å². The zero-order valence-electron chi connectivity index (χ0n) is 11.5. The Kier molecular flexibility index (Phi) is 4.49. The molecule has 0 saturated heterocycles. The van der Waals surface area contributed by atoms with Gasteiger partial charge in [0, 0.05) is 0 Å². The molecular formula is C14H17N5O. The molecule has 3 N–H and O–H groups in total.